The molecule has 0 radical (unpaired) electrons. The van der Waals surface area contributed by atoms with Crippen molar-refractivity contribution in [1.29, 1.82) is 0 Å². The topological polar surface area (TPSA) is 98.0 Å². The van der Waals surface area contributed by atoms with Crippen LogP contribution in [0.5, 0.6) is 0 Å². The molecular weight excluding hydrogens is 315 g/mol. The summed E-state index contributed by atoms with van der Waals surface area (Å²) >= 11 is 12.0. The molecule has 2 aromatic heterocycles. The van der Waals surface area contributed by atoms with Gasteiger partial charge in [-0.2, -0.15) is 0 Å². The summed E-state index contributed by atoms with van der Waals surface area (Å²) in [6.07, 6.45) is 0. The summed E-state index contributed by atoms with van der Waals surface area (Å²) in [6.45, 7) is 0. The van der Waals surface area contributed by atoms with Gasteiger partial charge in [0.15, 0.2) is 0 Å². The third-order valence-corrected chi connectivity index (χ3v) is 3.30. The van der Waals surface area contributed by atoms with Crippen LogP contribution in [0.25, 0.3) is 0 Å². The van der Waals surface area contributed by atoms with Gasteiger partial charge in [-0.25, -0.2) is 9.97 Å². The molecule has 0 saturated carbocycles. The SMILES string of the molecule is O=C(Nc1cc(Cl)nc(Cl)n1)c1ccc([N+](=O)[O-])s1. The fourth-order valence-electron chi connectivity index (χ4n) is 1.18. The molecule has 19 heavy (non-hydrogen) atoms. The highest BCUT2D eigenvalue weighted by Crippen LogP contribution is 2.24. The van der Waals surface area contributed by atoms with Crippen molar-refractivity contribution >= 4 is 51.3 Å². The lowest BCUT2D eigenvalue weighted by atomic mass is 10.4. The smallest absolute Gasteiger partial charge is 0.306 e. The van der Waals surface area contributed by atoms with Crippen molar-refractivity contribution in [3.8, 4) is 0 Å². The number of nitrogens with one attached hydrogen (secondary N) is 1. The van der Waals surface area contributed by atoms with E-state index in [1.165, 1.54) is 18.2 Å². The van der Waals surface area contributed by atoms with Gasteiger partial charge in [-0.15, -0.1) is 0 Å². The molecule has 7 nitrogen and oxygen atoms in total. The van der Waals surface area contributed by atoms with Gasteiger partial charge in [0.25, 0.3) is 5.91 Å². The first-order valence-corrected chi connectivity index (χ1v) is 6.28. The van der Waals surface area contributed by atoms with E-state index in [1.54, 1.807) is 0 Å². The molecule has 2 heterocycles. The fourth-order valence-corrected chi connectivity index (χ4v) is 2.30. The number of thiophene rings is 1. The highest BCUT2D eigenvalue weighted by atomic mass is 35.5. The summed E-state index contributed by atoms with van der Waals surface area (Å²) in [4.78, 5) is 29.3. The first-order chi connectivity index (χ1) is 8.95. The second kappa shape index (κ2) is 5.47. The molecule has 0 atom stereocenters. The number of rotatable bonds is 3. The Morgan fingerprint density at radius 1 is 1.37 bits per heavy atom. The number of hydrogen-bond donors (Lipinski definition) is 1. The Bertz CT molecular complexity index is 640. The Morgan fingerprint density at radius 2 is 2.11 bits per heavy atom. The number of nitrogens with zero attached hydrogens (tertiary/aromatic N) is 3. The number of hydrogen-bond acceptors (Lipinski definition) is 6. The standard InChI is InChI=1S/C9H4Cl2N4O3S/c10-5-3-6(14-9(11)12-5)13-8(16)4-1-2-7(19-4)15(17)18/h1-3H,(H,12,13,14,16). The monoisotopic (exact) mass is 318 g/mol. The largest absolute Gasteiger partial charge is 0.324 e. The molecule has 2 aromatic rings. The molecule has 0 fully saturated rings. The molecule has 1 amide bonds. The Balaban J connectivity index is 2.18. The minimum absolute atomic E-state index is 0.0764. The molecule has 0 spiro atoms. The average molecular weight is 319 g/mol. The molecule has 0 aliphatic carbocycles. The predicted octanol–water partition coefficient (Wildman–Crippen LogP) is 3.01. The van der Waals surface area contributed by atoms with Crippen molar-refractivity contribution in [2.75, 3.05) is 5.32 Å². The van der Waals surface area contributed by atoms with Crippen molar-refractivity contribution in [2.45, 2.75) is 0 Å². The molecule has 10 heteroatoms. The summed E-state index contributed by atoms with van der Waals surface area (Å²) in [5, 5.41) is 12.8. The summed E-state index contributed by atoms with van der Waals surface area (Å²) in [5.74, 6) is -0.421. The number of carbonyl (C=O) groups excluding carboxylic acids is 1. The molecule has 98 valence electrons. The van der Waals surface area contributed by atoms with E-state index in [-0.39, 0.29) is 26.1 Å². The van der Waals surface area contributed by atoms with Crippen LogP contribution in [0.15, 0.2) is 18.2 Å². The maximum atomic E-state index is 11.8. The van der Waals surface area contributed by atoms with Gasteiger partial charge in [-0.3, -0.25) is 14.9 Å². The molecule has 0 saturated heterocycles. The van der Waals surface area contributed by atoms with Crippen LogP contribution in [0.1, 0.15) is 9.67 Å². The molecule has 0 aliphatic heterocycles. The van der Waals surface area contributed by atoms with E-state index < -0.39 is 10.8 Å². The fraction of sp³-hybridized carbons (Fsp3) is 0. The quantitative estimate of drug-likeness (QED) is 0.406. The van der Waals surface area contributed by atoms with Crippen LogP contribution in [-0.4, -0.2) is 20.8 Å². The minimum Gasteiger partial charge on any atom is -0.306 e. The Morgan fingerprint density at radius 3 is 2.68 bits per heavy atom. The number of carbonyl (C=O) groups is 1. The van der Waals surface area contributed by atoms with E-state index in [2.05, 4.69) is 15.3 Å². The van der Waals surface area contributed by atoms with Crippen molar-refractivity contribution in [2.24, 2.45) is 0 Å². The number of nitro groups is 1. The van der Waals surface area contributed by atoms with Crippen molar-refractivity contribution in [3.05, 3.63) is 43.6 Å². The summed E-state index contributed by atoms with van der Waals surface area (Å²) in [5.41, 5.74) is 0. The lowest BCUT2D eigenvalue weighted by Gasteiger charge is -2.02. The third-order valence-electron chi connectivity index (χ3n) is 1.90. The number of amides is 1. The van der Waals surface area contributed by atoms with Crippen molar-refractivity contribution < 1.29 is 9.72 Å². The van der Waals surface area contributed by atoms with Gasteiger partial charge >= 0.3 is 5.00 Å². The zero-order valence-corrected chi connectivity index (χ0v) is 11.3. The van der Waals surface area contributed by atoms with Gasteiger partial charge in [0, 0.05) is 12.1 Å². The summed E-state index contributed by atoms with van der Waals surface area (Å²) in [6, 6.07) is 3.91. The van der Waals surface area contributed by atoms with E-state index >= 15 is 0 Å². The first-order valence-electron chi connectivity index (χ1n) is 4.71. The van der Waals surface area contributed by atoms with Gasteiger partial charge in [0.05, 0.1) is 9.80 Å². The third kappa shape index (κ3) is 3.37. The van der Waals surface area contributed by atoms with Gasteiger partial charge in [-0.05, 0) is 17.7 Å². The second-order valence-corrected chi connectivity index (χ2v) is 4.98. The maximum Gasteiger partial charge on any atom is 0.324 e. The highest BCUT2D eigenvalue weighted by Gasteiger charge is 2.16. The Labute approximate surface area is 120 Å². The first kappa shape index (κ1) is 13.7. The average Bonchev–Trinajstić information content (AvgIpc) is 2.76. The van der Waals surface area contributed by atoms with E-state index in [1.807, 2.05) is 0 Å². The molecule has 0 bridgehead atoms. The van der Waals surface area contributed by atoms with Crippen LogP contribution < -0.4 is 5.32 Å². The number of anilines is 1. The molecule has 0 aliphatic rings. The lowest BCUT2D eigenvalue weighted by molar-refractivity contribution is -0.380. The second-order valence-electron chi connectivity index (χ2n) is 3.19. The van der Waals surface area contributed by atoms with Gasteiger partial charge < -0.3 is 5.32 Å². The van der Waals surface area contributed by atoms with Crippen LogP contribution in [0.4, 0.5) is 10.8 Å². The Hall–Kier alpha value is -1.77. The molecule has 0 aromatic carbocycles. The van der Waals surface area contributed by atoms with Crippen LogP contribution in [0.3, 0.4) is 0 Å². The predicted molar refractivity (Wildman–Crippen MR) is 71.0 cm³/mol. The number of aromatic nitrogens is 2. The number of halogens is 2. The lowest BCUT2D eigenvalue weighted by Crippen LogP contribution is -2.11. The van der Waals surface area contributed by atoms with E-state index in [0.717, 1.165) is 11.3 Å². The van der Waals surface area contributed by atoms with E-state index in [0.29, 0.717) is 0 Å². The molecule has 1 N–H and O–H groups in total. The Kier molecular flexibility index (Phi) is 3.93. The summed E-state index contributed by atoms with van der Waals surface area (Å²) < 4.78 is 0. The van der Waals surface area contributed by atoms with Crippen LogP contribution in [-0.2, 0) is 0 Å². The van der Waals surface area contributed by atoms with E-state index in [4.69, 9.17) is 23.2 Å². The maximum absolute atomic E-state index is 11.8. The zero-order valence-electron chi connectivity index (χ0n) is 8.96. The van der Waals surface area contributed by atoms with Gasteiger partial charge in [0.2, 0.25) is 5.28 Å². The van der Waals surface area contributed by atoms with Gasteiger partial charge in [0.1, 0.15) is 11.0 Å². The van der Waals surface area contributed by atoms with Crippen molar-refractivity contribution in [3.63, 3.8) is 0 Å². The molecular formula is C9H4Cl2N4O3S. The summed E-state index contributed by atoms with van der Waals surface area (Å²) in [7, 11) is 0. The highest BCUT2D eigenvalue weighted by molar-refractivity contribution is 7.17. The molecule has 0 unspecified atom stereocenters. The zero-order chi connectivity index (χ0) is 14.0. The normalized spacial score (nSPS) is 10.2. The van der Waals surface area contributed by atoms with Crippen LogP contribution in [0.2, 0.25) is 10.4 Å². The van der Waals surface area contributed by atoms with Gasteiger partial charge in [-0.1, -0.05) is 22.9 Å². The van der Waals surface area contributed by atoms with Crippen LogP contribution in [0, 0.1) is 10.1 Å². The van der Waals surface area contributed by atoms with Crippen molar-refractivity contribution in [1.82, 2.24) is 9.97 Å². The van der Waals surface area contributed by atoms with E-state index in [9.17, 15) is 14.9 Å². The van der Waals surface area contributed by atoms with Crippen LogP contribution >= 0.6 is 34.5 Å². The molecule has 2 rings (SSSR count). The minimum atomic E-state index is -0.570.